The van der Waals surface area contributed by atoms with Crippen LogP contribution in [0.15, 0.2) is 21.1 Å². The molecule has 3 heterocycles. The number of aromatic nitrogens is 4. The van der Waals surface area contributed by atoms with Crippen molar-refractivity contribution in [3.05, 3.63) is 23.2 Å². The molecule has 3 aromatic heterocycles. The Morgan fingerprint density at radius 1 is 1.35 bits per heavy atom. The van der Waals surface area contributed by atoms with Gasteiger partial charge >= 0.3 is 0 Å². The van der Waals surface area contributed by atoms with Crippen LogP contribution in [0.3, 0.4) is 0 Å². The van der Waals surface area contributed by atoms with Crippen molar-refractivity contribution in [2.75, 3.05) is 5.73 Å². The van der Waals surface area contributed by atoms with E-state index in [9.17, 15) is 0 Å². The van der Waals surface area contributed by atoms with Crippen molar-refractivity contribution in [3.63, 3.8) is 0 Å². The number of rotatable bonds is 4. The van der Waals surface area contributed by atoms with Crippen LogP contribution in [-0.2, 0) is 5.75 Å². The molecular formula is C12H13N5OS2. The fourth-order valence-electron chi connectivity index (χ4n) is 1.61. The van der Waals surface area contributed by atoms with Crippen molar-refractivity contribution in [3.8, 4) is 0 Å². The van der Waals surface area contributed by atoms with E-state index in [0.717, 1.165) is 10.2 Å². The number of fused-ring (bicyclic) bond motifs is 1. The summed E-state index contributed by atoms with van der Waals surface area (Å²) >= 11 is 3.00. The van der Waals surface area contributed by atoms with Crippen LogP contribution >= 0.6 is 23.1 Å². The van der Waals surface area contributed by atoms with Gasteiger partial charge in [0.15, 0.2) is 11.0 Å². The van der Waals surface area contributed by atoms with E-state index in [1.54, 1.807) is 11.3 Å². The van der Waals surface area contributed by atoms with Gasteiger partial charge in [0.2, 0.25) is 5.89 Å². The van der Waals surface area contributed by atoms with E-state index in [4.69, 9.17) is 10.3 Å². The first-order valence-corrected chi connectivity index (χ1v) is 7.96. The van der Waals surface area contributed by atoms with E-state index in [1.807, 2.05) is 25.3 Å². The molecule has 20 heavy (non-hydrogen) atoms. The molecule has 0 fully saturated rings. The maximum atomic E-state index is 5.91. The minimum Gasteiger partial charge on any atom is -0.383 e. The molecular weight excluding hydrogens is 294 g/mol. The van der Waals surface area contributed by atoms with Gasteiger partial charge in [-0.05, 0) is 11.4 Å². The molecule has 0 aromatic carbocycles. The molecule has 8 heteroatoms. The molecule has 0 aliphatic heterocycles. The van der Waals surface area contributed by atoms with Gasteiger partial charge in [-0.3, -0.25) is 0 Å². The summed E-state index contributed by atoms with van der Waals surface area (Å²) in [4.78, 5) is 14.0. The van der Waals surface area contributed by atoms with Crippen molar-refractivity contribution in [2.45, 2.75) is 30.7 Å². The molecule has 0 aliphatic rings. The Labute approximate surface area is 123 Å². The normalized spacial score (nSPS) is 11.6. The molecule has 0 bridgehead atoms. The maximum absolute atomic E-state index is 5.91. The van der Waals surface area contributed by atoms with E-state index in [0.29, 0.717) is 28.4 Å². The third-order valence-electron chi connectivity index (χ3n) is 2.64. The van der Waals surface area contributed by atoms with Crippen molar-refractivity contribution in [2.24, 2.45) is 0 Å². The highest BCUT2D eigenvalue weighted by Gasteiger charge is 2.12. The second-order valence-electron chi connectivity index (χ2n) is 4.52. The lowest BCUT2D eigenvalue weighted by atomic mass is 10.2. The zero-order valence-corrected chi connectivity index (χ0v) is 12.7. The number of nitrogen functional groups attached to an aromatic ring is 1. The van der Waals surface area contributed by atoms with E-state index >= 15 is 0 Å². The average Bonchev–Trinajstić information content (AvgIpc) is 3.05. The van der Waals surface area contributed by atoms with Gasteiger partial charge in [-0.15, -0.1) is 11.3 Å². The van der Waals surface area contributed by atoms with Crippen LogP contribution < -0.4 is 5.73 Å². The first-order valence-electron chi connectivity index (χ1n) is 6.09. The van der Waals surface area contributed by atoms with Gasteiger partial charge in [-0.25, -0.2) is 9.97 Å². The maximum Gasteiger partial charge on any atom is 0.229 e. The number of hydrogen-bond acceptors (Lipinski definition) is 8. The van der Waals surface area contributed by atoms with Gasteiger partial charge in [0.25, 0.3) is 0 Å². The van der Waals surface area contributed by atoms with Crippen molar-refractivity contribution >= 4 is 39.1 Å². The highest BCUT2D eigenvalue weighted by atomic mass is 32.2. The Kier molecular flexibility index (Phi) is 3.58. The SMILES string of the molecule is CC(C)c1nc(CSc2nc(N)c3ccsc3n2)no1. The number of nitrogens with two attached hydrogens (primary N) is 1. The Bertz CT molecular complexity index is 736. The van der Waals surface area contributed by atoms with Gasteiger partial charge in [-0.2, -0.15) is 4.98 Å². The standard InChI is InChI=1S/C12H13N5OS2/c1-6(2)10-14-8(17-18-10)5-20-12-15-9(13)7-3-4-19-11(7)16-12/h3-4,6H,5H2,1-2H3,(H2,13,15,16). The molecule has 0 saturated carbocycles. The summed E-state index contributed by atoms with van der Waals surface area (Å²) in [5.74, 6) is 2.60. The molecule has 6 nitrogen and oxygen atoms in total. The molecule has 3 rings (SSSR count). The lowest BCUT2D eigenvalue weighted by molar-refractivity contribution is 0.362. The highest BCUT2D eigenvalue weighted by Crippen LogP contribution is 2.27. The minimum atomic E-state index is 0.232. The zero-order chi connectivity index (χ0) is 14.1. The highest BCUT2D eigenvalue weighted by molar-refractivity contribution is 7.98. The first kappa shape index (κ1) is 13.3. The number of nitrogens with zero attached hydrogens (tertiary/aromatic N) is 4. The molecule has 3 aromatic rings. The third-order valence-corrected chi connectivity index (χ3v) is 4.29. The Morgan fingerprint density at radius 3 is 2.95 bits per heavy atom. The van der Waals surface area contributed by atoms with Crippen LogP contribution in [0.25, 0.3) is 10.2 Å². The molecule has 104 valence electrons. The molecule has 0 aliphatic carbocycles. The number of thiophene rings is 1. The van der Waals surface area contributed by atoms with Gasteiger partial charge in [0, 0.05) is 5.92 Å². The molecule has 0 spiro atoms. The second kappa shape index (κ2) is 5.37. The van der Waals surface area contributed by atoms with E-state index in [-0.39, 0.29) is 5.92 Å². The lowest BCUT2D eigenvalue weighted by Gasteiger charge is -2.00. The average molecular weight is 307 g/mol. The zero-order valence-electron chi connectivity index (χ0n) is 11.0. The van der Waals surface area contributed by atoms with E-state index < -0.39 is 0 Å². The molecule has 2 N–H and O–H groups in total. The molecule has 0 unspecified atom stereocenters. The van der Waals surface area contributed by atoms with Crippen LogP contribution in [0, 0.1) is 0 Å². The summed E-state index contributed by atoms with van der Waals surface area (Å²) in [5.41, 5.74) is 5.91. The van der Waals surface area contributed by atoms with Crippen LogP contribution in [0.1, 0.15) is 31.5 Å². The van der Waals surface area contributed by atoms with Gasteiger partial charge < -0.3 is 10.3 Å². The van der Waals surface area contributed by atoms with Gasteiger partial charge in [0.1, 0.15) is 10.6 Å². The van der Waals surface area contributed by atoms with Gasteiger partial charge in [0.05, 0.1) is 11.1 Å². The summed E-state index contributed by atoms with van der Waals surface area (Å²) in [7, 11) is 0. The molecule has 0 atom stereocenters. The summed E-state index contributed by atoms with van der Waals surface area (Å²) in [6.45, 7) is 4.03. The molecule has 0 radical (unpaired) electrons. The monoisotopic (exact) mass is 307 g/mol. The summed E-state index contributed by atoms with van der Waals surface area (Å²) in [6.07, 6.45) is 0. The largest absolute Gasteiger partial charge is 0.383 e. The molecule has 0 saturated heterocycles. The first-order chi connectivity index (χ1) is 9.63. The Balaban J connectivity index is 1.75. The lowest BCUT2D eigenvalue weighted by Crippen LogP contribution is -1.95. The predicted octanol–water partition coefficient (Wildman–Crippen LogP) is 3.07. The third kappa shape index (κ3) is 2.61. The molecule has 0 amide bonds. The fourth-order valence-corrected chi connectivity index (χ4v) is 3.14. The van der Waals surface area contributed by atoms with Crippen LogP contribution in [0.4, 0.5) is 5.82 Å². The summed E-state index contributed by atoms with van der Waals surface area (Å²) in [5, 5.41) is 7.43. The van der Waals surface area contributed by atoms with Crippen molar-refractivity contribution < 1.29 is 4.52 Å². The van der Waals surface area contributed by atoms with Crippen LogP contribution in [0.5, 0.6) is 0 Å². The fraction of sp³-hybridized carbons (Fsp3) is 0.333. The minimum absolute atomic E-state index is 0.232. The smallest absolute Gasteiger partial charge is 0.229 e. The quantitative estimate of drug-likeness (QED) is 0.585. The van der Waals surface area contributed by atoms with Crippen molar-refractivity contribution in [1.82, 2.24) is 20.1 Å². The summed E-state index contributed by atoms with van der Waals surface area (Å²) < 4.78 is 5.16. The van der Waals surface area contributed by atoms with Gasteiger partial charge in [-0.1, -0.05) is 30.8 Å². The van der Waals surface area contributed by atoms with Crippen LogP contribution in [0.2, 0.25) is 0 Å². The Morgan fingerprint density at radius 2 is 2.20 bits per heavy atom. The predicted molar refractivity (Wildman–Crippen MR) is 79.8 cm³/mol. The number of anilines is 1. The summed E-state index contributed by atoms with van der Waals surface area (Å²) in [6, 6.07) is 1.93. The van der Waals surface area contributed by atoms with E-state index in [1.165, 1.54) is 11.8 Å². The second-order valence-corrected chi connectivity index (χ2v) is 6.36. The van der Waals surface area contributed by atoms with E-state index in [2.05, 4.69) is 20.1 Å². The van der Waals surface area contributed by atoms with Crippen LogP contribution in [-0.4, -0.2) is 20.1 Å². The number of thioether (sulfide) groups is 1. The number of hydrogen-bond donors (Lipinski definition) is 1. The Hall–Kier alpha value is -1.67. The van der Waals surface area contributed by atoms with Crippen molar-refractivity contribution in [1.29, 1.82) is 0 Å². The topological polar surface area (TPSA) is 90.7 Å².